The highest BCUT2D eigenvalue weighted by Gasteiger charge is 2.37. The molecular formula is C22H15F6N7. The summed E-state index contributed by atoms with van der Waals surface area (Å²) < 4.78 is 81.2. The Morgan fingerprint density at radius 2 is 1.57 bits per heavy atom. The standard InChI is InChI=1S/C22H15F6N7/c23-21(24,25)15-7-14(8-16(9-15)22(26,27)28)17-10-19-31-5-6-35(19)20(34-17)32-4-3-30-18-2-1-13(11-29)12-33-18/h1-2,5-10,12H,3-4H2,(H,30,33)(H,32,34). The summed E-state index contributed by atoms with van der Waals surface area (Å²) in [6, 6.07) is 7.79. The Balaban J connectivity index is 1.61. The monoisotopic (exact) mass is 491 g/mol. The lowest BCUT2D eigenvalue weighted by Crippen LogP contribution is -2.17. The van der Waals surface area contributed by atoms with Crippen molar-refractivity contribution >= 4 is 17.4 Å². The van der Waals surface area contributed by atoms with Crippen LogP contribution in [0.25, 0.3) is 16.9 Å². The largest absolute Gasteiger partial charge is 0.416 e. The molecule has 4 rings (SSSR count). The van der Waals surface area contributed by atoms with Gasteiger partial charge in [0.25, 0.3) is 0 Å². The first-order chi connectivity index (χ1) is 16.5. The second kappa shape index (κ2) is 9.13. The fraction of sp³-hybridized carbons (Fsp3) is 0.182. The molecule has 0 aliphatic carbocycles. The van der Waals surface area contributed by atoms with Gasteiger partial charge in [-0.2, -0.15) is 31.6 Å². The maximum Gasteiger partial charge on any atom is 0.416 e. The molecule has 0 unspecified atom stereocenters. The van der Waals surface area contributed by atoms with Crippen LogP contribution in [0.1, 0.15) is 16.7 Å². The summed E-state index contributed by atoms with van der Waals surface area (Å²) in [4.78, 5) is 12.4. The van der Waals surface area contributed by atoms with Gasteiger partial charge in [-0.1, -0.05) is 0 Å². The number of imidazole rings is 1. The van der Waals surface area contributed by atoms with Crippen LogP contribution in [0.15, 0.2) is 55.0 Å². The van der Waals surface area contributed by atoms with Crippen molar-refractivity contribution in [1.82, 2.24) is 19.4 Å². The maximum absolute atomic E-state index is 13.3. The second-order valence-electron chi connectivity index (χ2n) is 7.31. The van der Waals surface area contributed by atoms with Gasteiger partial charge in [0.1, 0.15) is 17.5 Å². The lowest BCUT2D eigenvalue weighted by atomic mass is 10.0. The number of aromatic nitrogens is 4. The van der Waals surface area contributed by atoms with Crippen LogP contribution < -0.4 is 10.6 Å². The summed E-state index contributed by atoms with van der Waals surface area (Å²) >= 11 is 0. The lowest BCUT2D eigenvalue weighted by molar-refractivity contribution is -0.143. The Bertz CT molecular complexity index is 1350. The van der Waals surface area contributed by atoms with Crippen molar-refractivity contribution in [1.29, 1.82) is 5.26 Å². The van der Waals surface area contributed by atoms with E-state index < -0.39 is 23.5 Å². The third-order valence-electron chi connectivity index (χ3n) is 4.88. The molecule has 0 bridgehead atoms. The van der Waals surface area contributed by atoms with Crippen molar-refractivity contribution in [3.05, 3.63) is 71.7 Å². The Hall–Kier alpha value is -4.34. The molecule has 35 heavy (non-hydrogen) atoms. The predicted molar refractivity (Wildman–Crippen MR) is 114 cm³/mol. The molecule has 0 radical (unpaired) electrons. The molecule has 1 aromatic carbocycles. The quantitative estimate of drug-likeness (QED) is 0.284. The summed E-state index contributed by atoms with van der Waals surface area (Å²) in [5.74, 6) is 0.694. The highest BCUT2D eigenvalue weighted by Crippen LogP contribution is 2.38. The van der Waals surface area contributed by atoms with Gasteiger partial charge in [-0.25, -0.2) is 15.0 Å². The molecule has 3 heterocycles. The average molecular weight is 491 g/mol. The van der Waals surface area contributed by atoms with Gasteiger partial charge >= 0.3 is 12.4 Å². The number of hydrogen-bond donors (Lipinski definition) is 2. The van der Waals surface area contributed by atoms with Gasteiger partial charge < -0.3 is 10.6 Å². The molecule has 180 valence electrons. The first-order valence-electron chi connectivity index (χ1n) is 10.0. The van der Waals surface area contributed by atoms with E-state index in [0.717, 1.165) is 0 Å². The molecule has 0 saturated heterocycles. The molecular weight excluding hydrogens is 476 g/mol. The third kappa shape index (κ3) is 5.43. The Morgan fingerprint density at radius 1 is 0.886 bits per heavy atom. The van der Waals surface area contributed by atoms with Gasteiger partial charge in [-0.15, -0.1) is 0 Å². The molecule has 0 fully saturated rings. The first kappa shape index (κ1) is 23.8. The zero-order valence-electron chi connectivity index (χ0n) is 17.6. The molecule has 0 amide bonds. The van der Waals surface area contributed by atoms with Gasteiger partial charge in [-0.3, -0.25) is 4.40 Å². The van der Waals surface area contributed by atoms with Crippen LogP contribution in [0.5, 0.6) is 0 Å². The Kier molecular flexibility index (Phi) is 6.21. The van der Waals surface area contributed by atoms with Gasteiger partial charge in [0.15, 0.2) is 0 Å². The fourth-order valence-corrected chi connectivity index (χ4v) is 3.23. The van der Waals surface area contributed by atoms with E-state index in [0.29, 0.717) is 30.1 Å². The van der Waals surface area contributed by atoms with Gasteiger partial charge in [-0.05, 0) is 30.3 Å². The van der Waals surface area contributed by atoms with E-state index in [1.807, 2.05) is 6.07 Å². The van der Waals surface area contributed by atoms with Crippen molar-refractivity contribution in [2.75, 3.05) is 23.7 Å². The number of nitrogens with one attached hydrogen (secondary N) is 2. The zero-order valence-corrected chi connectivity index (χ0v) is 17.6. The molecule has 0 aliphatic rings. The van der Waals surface area contributed by atoms with E-state index in [1.54, 1.807) is 18.3 Å². The third-order valence-corrected chi connectivity index (χ3v) is 4.88. The molecule has 0 aliphatic heterocycles. The van der Waals surface area contributed by atoms with E-state index in [-0.39, 0.29) is 35.5 Å². The topological polar surface area (TPSA) is 90.9 Å². The van der Waals surface area contributed by atoms with Crippen molar-refractivity contribution in [2.45, 2.75) is 12.4 Å². The summed E-state index contributed by atoms with van der Waals surface area (Å²) in [7, 11) is 0. The molecule has 3 aromatic heterocycles. The van der Waals surface area contributed by atoms with Crippen LogP contribution in [0, 0.1) is 11.3 Å². The lowest BCUT2D eigenvalue weighted by Gasteiger charge is -2.15. The normalized spacial score (nSPS) is 11.9. The molecule has 0 atom stereocenters. The van der Waals surface area contributed by atoms with E-state index in [1.165, 1.54) is 22.9 Å². The van der Waals surface area contributed by atoms with Crippen molar-refractivity contribution in [3.8, 4) is 17.3 Å². The summed E-state index contributed by atoms with van der Waals surface area (Å²) in [5.41, 5.74) is -2.63. The number of pyridine rings is 1. The number of alkyl halides is 6. The maximum atomic E-state index is 13.3. The van der Waals surface area contributed by atoms with Crippen LogP contribution >= 0.6 is 0 Å². The van der Waals surface area contributed by atoms with Crippen LogP contribution in [0.3, 0.4) is 0 Å². The highest BCUT2D eigenvalue weighted by molar-refractivity contribution is 5.68. The van der Waals surface area contributed by atoms with Crippen LogP contribution in [-0.4, -0.2) is 32.4 Å². The number of benzene rings is 1. The Labute approximate surface area is 194 Å². The molecule has 0 saturated carbocycles. The highest BCUT2D eigenvalue weighted by atomic mass is 19.4. The fourth-order valence-electron chi connectivity index (χ4n) is 3.23. The summed E-state index contributed by atoms with van der Waals surface area (Å²) in [6.45, 7) is 0.630. The molecule has 4 aromatic rings. The second-order valence-corrected chi connectivity index (χ2v) is 7.31. The minimum Gasteiger partial charge on any atom is -0.368 e. The van der Waals surface area contributed by atoms with Gasteiger partial charge in [0, 0.05) is 43.3 Å². The van der Waals surface area contributed by atoms with E-state index in [4.69, 9.17) is 5.26 Å². The number of halogens is 6. The van der Waals surface area contributed by atoms with E-state index >= 15 is 0 Å². The van der Waals surface area contributed by atoms with E-state index in [9.17, 15) is 26.3 Å². The number of nitriles is 1. The van der Waals surface area contributed by atoms with E-state index in [2.05, 4.69) is 25.6 Å². The molecule has 0 spiro atoms. The average Bonchev–Trinajstić information content (AvgIpc) is 3.29. The first-order valence-corrected chi connectivity index (χ1v) is 10.0. The van der Waals surface area contributed by atoms with Gasteiger partial charge in [0.2, 0.25) is 5.95 Å². The van der Waals surface area contributed by atoms with Gasteiger partial charge in [0.05, 0.1) is 22.4 Å². The minimum atomic E-state index is -4.97. The van der Waals surface area contributed by atoms with Crippen LogP contribution in [0.4, 0.5) is 38.1 Å². The zero-order chi connectivity index (χ0) is 25.2. The number of rotatable bonds is 6. The van der Waals surface area contributed by atoms with Crippen LogP contribution in [-0.2, 0) is 12.4 Å². The summed E-state index contributed by atoms with van der Waals surface area (Å²) in [6.07, 6.45) is -5.56. The number of anilines is 2. The summed E-state index contributed by atoms with van der Waals surface area (Å²) in [5, 5.41) is 14.8. The Morgan fingerprint density at radius 3 is 2.17 bits per heavy atom. The van der Waals surface area contributed by atoms with Crippen LogP contribution in [0.2, 0.25) is 0 Å². The number of hydrogen-bond acceptors (Lipinski definition) is 6. The molecule has 2 N–H and O–H groups in total. The predicted octanol–water partition coefficient (Wildman–Crippen LogP) is 5.22. The molecule has 7 nitrogen and oxygen atoms in total. The number of nitrogens with zero attached hydrogens (tertiary/aromatic N) is 5. The van der Waals surface area contributed by atoms with Crippen molar-refractivity contribution < 1.29 is 26.3 Å². The van der Waals surface area contributed by atoms with Crippen molar-refractivity contribution in [2.24, 2.45) is 0 Å². The number of fused-ring (bicyclic) bond motifs is 1. The minimum absolute atomic E-state index is 0.0690. The smallest absolute Gasteiger partial charge is 0.368 e. The SMILES string of the molecule is N#Cc1ccc(NCCNc2nc(-c3cc(C(F)(F)F)cc(C(F)(F)F)c3)cc3nccn23)nc1. The van der Waals surface area contributed by atoms with Crippen molar-refractivity contribution in [3.63, 3.8) is 0 Å². The molecule has 13 heteroatoms.